The normalized spacial score (nSPS) is 16.8. The minimum absolute atomic E-state index is 0.214. The van der Waals surface area contributed by atoms with Gasteiger partial charge in [-0.05, 0) is 31.4 Å². The van der Waals surface area contributed by atoms with E-state index >= 15 is 0 Å². The summed E-state index contributed by atoms with van der Waals surface area (Å²) < 4.78 is 10.8. The summed E-state index contributed by atoms with van der Waals surface area (Å²) in [5, 5.41) is 0.984. The average Bonchev–Trinajstić information content (AvgIpc) is 2.84. The third kappa shape index (κ3) is 1.46. The molecule has 0 unspecified atom stereocenters. The number of hydrogen-bond donors (Lipinski definition) is 0. The quantitative estimate of drug-likeness (QED) is 0.726. The molecule has 1 aliphatic heterocycles. The molecular weight excluding hydrogens is 242 g/mol. The van der Waals surface area contributed by atoms with E-state index in [0.29, 0.717) is 6.42 Å². The van der Waals surface area contributed by atoms with Crippen LogP contribution < -0.4 is 9.47 Å². The second-order valence-electron chi connectivity index (χ2n) is 5.06. The van der Waals surface area contributed by atoms with Gasteiger partial charge in [-0.2, -0.15) is 0 Å². The van der Waals surface area contributed by atoms with E-state index < -0.39 is 0 Å². The maximum Gasteiger partial charge on any atom is 0.231 e. The molecule has 0 saturated carbocycles. The Balaban J connectivity index is 2.06. The molecule has 1 aliphatic carbocycles. The van der Waals surface area contributed by atoms with Gasteiger partial charge in [0, 0.05) is 23.4 Å². The van der Waals surface area contributed by atoms with E-state index in [-0.39, 0.29) is 12.6 Å². The molecule has 96 valence electrons. The standard InChI is InChI=1S/C15H13NO3/c1-8-9-5-13-14(19-7-18-13)6-11(9)16-10-3-2-4-12(17)15(8)10/h5-6H,2-4,7H2,1H3. The number of rotatable bonds is 0. The van der Waals surface area contributed by atoms with Crippen LogP contribution in [0.25, 0.3) is 10.9 Å². The van der Waals surface area contributed by atoms with Crippen LogP contribution in [0, 0.1) is 6.92 Å². The molecule has 2 aromatic rings. The summed E-state index contributed by atoms with van der Waals surface area (Å²) in [4.78, 5) is 16.7. The highest BCUT2D eigenvalue weighted by molar-refractivity contribution is 6.03. The molecule has 0 N–H and O–H groups in total. The molecule has 1 aromatic carbocycles. The number of pyridine rings is 1. The fourth-order valence-corrected chi connectivity index (χ4v) is 2.97. The number of ether oxygens (including phenoxy) is 2. The lowest BCUT2D eigenvalue weighted by atomic mass is 9.89. The number of carbonyl (C=O) groups excluding carboxylic acids is 1. The van der Waals surface area contributed by atoms with Crippen molar-refractivity contribution in [2.45, 2.75) is 26.2 Å². The van der Waals surface area contributed by atoms with E-state index in [1.165, 1.54) is 0 Å². The van der Waals surface area contributed by atoms with Crippen molar-refractivity contribution >= 4 is 16.7 Å². The Labute approximate surface area is 110 Å². The Morgan fingerprint density at radius 3 is 2.79 bits per heavy atom. The van der Waals surface area contributed by atoms with Crippen molar-refractivity contribution in [3.8, 4) is 11.5 Å². The van der Waals surface area contributed by atoms with Crippen molar-refractivity contribution < 1.29 is 14.3 Å². The highest BCUT2D eigenvalue weighted by Gasteiger charge is 2.24. The van der Waals surface area contributed by atoms with Crippen LogP contribution in [-0.4, -0.2) is 17.6 Å². The molecule has 0 amide bonds. The maximum atomic E-state index is 12.1. The summed E-state index contributed by atoms with van der Waals surface area (Å²) in [6.07, 6.45) is 2.41. The van der Waals surface area contributed by atoms with Gasteiger partial charge in [-0.3, -0.25) is 9.78 Å². The first-order valence-electron chi connectivity index (χ1n) is 6.50. The zero-order chi connectivity index (χ0) is 13.0. The number of carbonyl (C=O) groups is 1. The number of aromatic nitrogens is 1. The van der Waals surface area contributed by atoms with Gasteiger partial charge in [-0.25, -0.2) is 0 Å². The fourth-order valence-electron chi connectivity index (χ4n) is 2.97. The zero-order valence-electron chi connectivity index (χ0n) is 10.7. The molecule has 2 heterocycles. The lowest BCUT2D eigenvalue weighted by Gasteiger charge is -2.18. The average molecular weight is 255 g/mol. The summed E-state index contributed by atoms with van der Waals surface area (Å²) in [5.74, 6) is 1.69. The first-order valence-corrected chi connectivity index (χ1v) is 6.50. The van der Waals surface area contributed by atoms with Gasteiger partial charge in [-0.15, -0.1) is 0 Å². The topological polar surface area (TPSA) is 48.4 Å². The second-order valence-corrected chi connectivity index (χ2v) is 5.06. The maximum absolute atomic E-state index is 12.1. The minimum Gasteiger partial charge on any atom is -0.454 e. The SMILES string of the molecule is Cc1c2c(nc3cc4c(cc13)OCO4)CCCC2=O. The van der Waals surface area contributed by atoms with Crippen LogP contribution in [0.5, 0.6) is 11.5 Å². The number of Topliss-reactive ketones (excluding diaryl/α,β-unsaturated/α-hetero) is 1. The lowest BCUT2D eigenvalue weighted by molar-refractivity contribution is 0.0971. The summed E-state index contributed by atoms with van der Waals surface area (Å²) in [6, 6.07) is 3.84. The van der Waals surface area contributed by atoms with Crippen molar-refractivity contribution in [1.29, 1.82) is 0 Å². The Morgan fingerprint density at radius 2 is 1.95 bits per heavy atom. The Hall–Kier alpha value is -2.10. The first-order chi connectivity index (χ1) is 9.24. The molecule has 0 fully saturated rings. The van der Waals surface area contributed by atoms with Gasteiger partial charge in [0.1, 0.15) is 0 Å². The molecule has 0 bridgehead atoms. The molecule has 4 heteroatoms. The van der Waals surface area contributed by atoms with Gasteiger partial charge in [0.05, 0.1) is 11.2 Å². The molecule has 2 aliphatic rings. The smallest absolute Gasteiger partial charge is 0.231 e. The molecule has 0 atom stereocenters. The third-order valence-electron chi connectivity index (χ3n) is 3.91. The molecular formula is C15H13NO3. The number of fused-ring (bicyclic) bond motifs is 3. The number of hydrogen-bond acceptors (Lipinski definition) is 4. The highest BCUT2D eigenvalue weighted by Crippen LogP contribution is 2.38. The van der Waals surface area contributed by atoms with E-state index in [2.05, 4.69) is 4.98 Å². The summed E-state index contributed by atoms with van der Waals surface area (Å²) in [7, 11) is 0. The summed E-state index contributed by atoms with van der Waals surface area (Å²) >= 11 is 0. The molecule has 4 rings (SSSR count). The second kappa shape index (κ2) is 3.70. The molecule has 19 heavy (non-hydrogen) atoms. The van der Waals surface area contributed by atoms with Gasteiger partial charge in [0.25, 0.3) is 0 Å². The van der Waals surface area contributed by atoms with Crippen LogP contribution in [0.15, 0.2) is 12.1 Å². The van der Waals surface area contributed by atoms with Crippen LogP contribution in [0.3, 0.4) is 0 Å². The largest absolute Gasteiger partial charge is 0.454 e. The van der Waals surface area contributed by atoms with E-state index in [1.807, 2.05) is 19.1 Å². The molecule has 0 spiro atoms. The summed E-state index contributed by atoms with van der Waals surface area (Å²) in [6.45, 7) is 2.25. The number of nitrogens with zero attached hydrogens (tertiary/aromatic N) is 1. The van der Waals surface area contributed by atoms with Gasteiger partial charge >= 0.3 is 0 Å². The van der Waals surface area contributed by atoms with E-state index in [1.54, 1.807) is 0 Å². The molecule has 4 nitrogen and oxygen atoms in total. The van der Waals surface area contributed by atoms with Crippen molar-refractivity contribution in [3.63, 3.8) is 0 Å². The number of ketones is 1. The van der Waals surface area contributed by atoms with E-state index in [4.69, 9.17) is 9.47 Å². The predicted octanol–water partition coefficient (Wildman–Crippen LogP) is 2.79. The van der Waals surface area contributed by atoms with Gasteiger partial charge in [0.15, 0.2) is 17.3 Å². The van der Waals surface area contributed by atoms with Gasteiger partial charge in [-0.1, -0.05) is 0 Å². The first kappa shape index (κ1) is 10.8. The highest BCUT2D eigenvalue weighted by atomic mass is 16.7. The lowest BCUT2D eigenvalue weighted by Crippen LogP contribution is -2.14. The minimum atomic E-state index is 0.214. The molecule has 0 radical (unpaired) electrons. The van der Waals surface area contributed by atoms with Crippen LogP contribution in [0.1, 0.15) is 34.5 Å². The van der Waals surface area contributed by atoms with Crippen molar-refractivity contribution in [2.24, 2.45) is 0 Å². The van der Waals surface area contributed by atoms with Crippen molar-refractivity contribution in [1.82, 2.24) is 4.98 Å². The Kier molecular flexibility index (Phi) is 2.10. The van der Waals surface area contributed by atoms with Crippen molar-refractivity contribution in [2.75, 3.05) is 6.79 Å². The predicted molar refractivity (Wildman–Crippen MR) is 69.9 cm³/mol. The fraction of sp³-hybridized carbons (Fsp3) is 0.333. The number of benzene rings is 1. The van der Waals surface area contributed by atoms with Crippen LogP contribution in [-0.2, 0) is 6.42 Å². The Morgan fingerprint density at radius 1 is 1.16 bits per heavy atom. The van der Waals surface area contributed by atoms with Gasteiger partial charge in [0.2, 0.25) is 6.79 Å². The Bertz CT molecular complexity index is 721. The third-order valence-corrected chi connectivity index (χ3v) is 3.91. The molecule has 0 saturated heterocycles. The van der Waals surface area contributed by atoms with E-state index in [9.17, 15) is 4.79 Å². The van der Waals surface area contributed by atoms with Crippen LogP contribution >= 0.6 is 0 Å². The van der Waals surface area contributed by atoms with E-state index in [0.717, 1.165) is 52.1 Å². The van der Waals surface area contributed by atoms with Crippen molar-refractivity contribution in [3.05, 3.63) is 29.0 Å². The number of aryl methyl sites for hydroxylation is 2. The monoisotopic (exact) mass is 255 g/mol. The molecule has 1 aromatic heterocycles. The zero-order valence-corrected chi connectivity index (χ0v) is 10.7. The van der Waals surface area contributed by atoms with Crippen LogP contribution in [0.4, 0.5) is 0 Å². The van der Waals surface area contributed by atoms with Gasteiger partial charge < -0.3 is 9.47 Å². The van der Waals surface area contributed by atoms with Crippen LogP contribution in [0.2, 0.25) is 0 Å². The summed E-state index contributed by atoms with van der Waals surface area (Å²) in [5.41, 5.74) is 3.65.